The molecule has 0 aliphatic carbocycles. The van der Waals surface area contributed by atoms with E-state index in [1.54, 1.807) is 12.4 Å². The Morgan fingerprint density at radius 2 is 2.21 bits per heavy atom. The summed E-state index contributed by atoms with van der Waals surface area (Å²) in [7, 11) is 0. The van der Waals surface area contributed by atoms with E-state index >= 15 is 0 Å². The van der Waals surface area contributed by atoms with Gasteiger partial charge in [-0.25, -0.2) is 0 Å². The SMILES string of the molecule is Nc1n[nH]c(N)c1Nc1cccnc1. The molecule has 0 amide bonds. The summed E-state index contributed by atoms with van der Waals surface area (Å²) in [6, 6.07) is 3.67. The molecule has 0 radical (unpaired) electrons. The van der Waals surface area contributed by atoms with Crippen LogP contribution in [0.25, 0.3) is 0 Å². The zero-order chi connectivity index (χ0) is 9.97. The molecular weight excluding hydrogens is 180 g/mol. The molecule has 0 aliphatic rings. The van der Waals surface area contributed by atoms with Gasteiger partial charge in [0.15, 0.2) is 5.82 Å². The Labute approximate surface area is 80.3 Å². The summed E-state index contributed by atoms with van der Waals surface area (Å²) in [6.07, 6.45) is 3.36. The Hall–Kier alpha value is -2.24. The van der Waals surface area contributed by atoms with Gasteiger partial charge < -0.3 is 16.8 Å². The van der Waals surface area contributed by atoms with E-state index in [0.717, 1.165) is 5.69 Å². The highest BCUT2D eigenvalue weighted by atomic mass is 15.2. The summed E-state index contributed by atoms with van der Waals surface area (Å²) < 4.78 is 0. The minimum absolute atomic E-state index is 0.339. The van der Waals surface area contributed by atoms with E-state index in [0.29, 0.717) is 17.3 Å². The van der Waals surface area contributed by atoms with Crippen molar-refractivity contribution in [3.05, 3.63) is 24.5 Å². The van der Waals surface area contributed by atoms with Gasteiger partial charge in [0, 0.05) is 6.20 Å². The van der Waals surface area contributed by atoms with Crippen molar-refractivity contribution in [3.8, 4) is 0 Å². The molecule has 2 aromatic rings. The third-order valence-electron chi connectivity index (χ3n) is 1.75. The van der Waals surface area contributed by atoms with Gasteiger partial charge >= 0.3 is 0 Å². The maximum atomic E-state index is 5.61. The summed E-state index contributed by atoms with van der Waals surface area (Å²) in [6.45, 7) is 0. The third-order valence-corrected chi connectivity index (χ3v) is 1.75. The van der Waals surface area contributed by atoms with E-state index in [9.17, 15) is 0 Å². The molecule has 0 saturated heterocycles. The number of hydrogen-bond acceptors (Lipinski definition) is 5. The molecular formula is C8H10N6. The highest BCUT2D eigenvalue weighted by Gasteiger charge is 2.07. The van der Waals surface area contributed by atoms with E-state index in [-0.39, 0.29) is 0 Å². The van der Waals surface area contributed by atoms with Crippen LogP contribution in [0.4, 0.5) is 23.0 Å². The standard InChI is InChI=1S/C8H10N6/c9-7-6(8(10)14-13-7)12-5-2-1-3-11-4-5/h1-4,12H,(H5,9,10,13,14). The molecule has 2 heterocycles. The molecule has 6 nitrogen and oxygen atoms in total. The molecule has 0 atom stereocenters. The molecule has 14 heavy (non-hydrogen) atoms. The monoisotopic (exact) mass is 190 g/mol. The number of aromatic nitrogens is 3. The summed E-state index contributed by atoms with van der Waals surface area (Å²) in [5, 5.41) is 9.35. The molecule has 2 aromatic heterocycles. The first-order valence-corrected chi connectivity index (χ1v) is 4.03. The first kappa shape index (κ1) is 8.36. The van der Waals surface area contributed by atoms with Gasteiger partial charge in [-0.2, -0.15) is 5.10 Å². The van der Waals surface area contributed by atoms with E-state index in [1.807, 2.05) is 12.1 Å². The average Bonchev–Trinajstić information content (AvgIpc) is 2.51. The summed E-state index contributed by atoms with van der Waals surface area (Å²) in [5.74, 6) is 0.748. The van der Waals surface area contributed by atoms with Gasteiger partial charge in [-0.1, -0.05) is 0 Å². The Morgan fingerprint density at radius 1 is 1.36 bits per heavy atom. The van der Waals surface area contributed by atoms with Gasteiger partial charge in [-0.3, -0.25) is 10.1 Å². The summed E-state index contributed by atoms with van der Waals surface area (Å²) >= 11 is 0. The van der Waals surface area contributed by atoms with Gasteiger partial charge in [0.05, 0.1) is 11.9 Å². The molecule has 0 aliphatic heterocycles. The van der Waals surface area contributed by atoms with Crippen molar-refractivity contribution in [1.82, 2.24) is 15.2 Å². The Balaban J connectivity index is 2.27. The van der Waals surface area contributed by atoms with Crippen molar-refractivity contribution in [2.45, 2.75) is 0 Å². The number of nitrogens with two attached hydrogens (primary N) is 2. The second kappa shape index (κ2) is 3.25. The van der Waals surface area contributed by atoms with Gasteiger partial charge in [0.2, 0.25) is 0 Å². The molecule has 0 saturated carbocycles. The van der Waals surface area contributed by atoms with Crippen molar-refractivity contribution >= 4 is 23.0 Å². The lowest BCUT2D eigenvalue weighted by Gasteiger charge is -2.04. The number of pyridine rings is 1. The molecule has 0 bridgehead atoms. The van der Waals surface area contributed by atoms with E-state index in [2.05, 4.69) is 20.5 Å². The molecule has 0 spiro atoms. The van der Waals surface area contributed by atoms with Crippen LogP contribution < -0.4 is 16.8 Å². The number of rotatable bonds is 2. The summed E-state index contributed by atoms with van der Waals surface area (Å²) in [5.41, 5.74) is 12.6. The Bertz CT molecular complexity index is 401. The average molecular weight is 190 g/mol. The number of aromatic amines is 1. The molecule has 72 valence electrons. The first-order chi connectivity index (χ1) is 6.77. The topological polar surface area (TPSA) is 106 Å². The third kappa shape index (κ3) is 1.45. The van der Waals surface area contributed by atoms with Crippen LogP contribution in [0, 0.1) is 0 Å². The van der Waals surface area contributed by atoms with Gasteiger partial charge in [-0.15, -0.1) is 0 Å². The van der Waals surface area contributed by atoms with Crippen LogP contribution in [0.5, 0.6) is 0 Å². The maximum absolute atomic E-state index is 5.61. The fourth-order valence-electron chi connectivity index (χ4n) is 1.08. The number of H-pyrrole nitrogens is 1. The second-order valence-corrected chi connectivity index (χ2v) is 2.76. The minimum Gasteiger partial charge on any atom is -0.382 e. The maximum Gasteiger partial charge on any atom is 0.171 e. The van der Waals surface area contributed by atoms with Crippen molar-refractivity contribution < 1.29 is 0 Å². The lowest BCUT2D eigenvalue weighted by atomic mass is 10.4. The number of hydrogen-bond donors (Lipinski definition) is 4. The summed E-state index contributed by atoms with van der Waals surface area (Å²) in [4.78, 5) is 3.95. The lowest BCUT2D eigenvalue weighted by molar-refractivity contribution is 1.11. The fourth-order valence-corrected chi connectivity index (χ4v) is 1.08. The van der Waals surface area contributed by atoms with Crippen LogP contribution in [0.15, 0.2) is 24.5 Å². The van der Waals surface area contributed by atoms with Gasteiger partial charge in [-0.05, 0) is 12.1 Å². The van der Waals surface area contributed by atoms with Crippen LogP contribution in [0.3, 0.4) is 0 Å². The highest BCUT2D eigenvalue weighted by molar-refractivity contribution is 5.79. The fraction of sp³-hybridized carbons (Fsp3) is 0. The quantitative estimate of drug-likeness (QED) is 0.558. The van der Waals surface area contributed by atoms with Crippen molar-refractivity contribution in [2.75, 3.05) is 16.8 Å². The number of nitrogens with zero attached hydrogens (tertiary/aromatic N) is 2. The molecule has 0 fully saturated rings. The molecule has 6 N–H and O–H groups in total. The predicted molar refractivity (Wildman–Crippen MR) is 54.9 cm³/mol. The highest BCUT2D eigenvalue weighted by Crippen LogP contribution is 2.25. The van der Waals surface area contributed by atoms with Crippen LogP contribution in [-0.4, -0.2) is 15.2 Å². The van der Waals surface area contributed by atoms with Crippen molar-refractivity contribution in [3.63, 3.8) is 0 Å². The smallest absolute Gasteiger partial charge is 0.171 e. The zero-order valence-electron chi connectivity index (χ0n) is 7.36. The van der Waals surface area contributed by atoms with Crippen molar-refractivity contribution in [1.29, 1.82) is 0 Å². The lowest BCUT2D eigenvalue weighted by Crippen LogP contribution is -1.97. The van der Waals surface area contributed by atoms with Crippen LogP contribution in [-0.2, 0) is 0 Å². The minimum atomic E-state index is 0.339. The molecule has 6 heteroatoms. The second-order valence-electron chi connectivity index (χ2n) is 2.76. The molecule has 0 unspecified atom stereocenters. The van der Waals surface area contributed by atoms with E-state index in [4.69, 9.17) is 11.5 Å². The first-order valence-electron chi connectivity index (χ1n) is 4.03. The van der Waals surface area contributed by atoms with Crippen molar-refractivity contribution in [2.24, 2.45) is 0 Å². The van der Waals surface area contributed by atoms with E-state index < -0.39 is 0 Å². The Kier molecular flexibility index (Phi) is 1.94. The molecule has 0 aromatic carbocycles. The number of anilines is 4. The Morgan fingerprint density at radius 3 is 2.79 bits per heavy atom. The van der Waals surface area contributed by atoms with Gasteiger partial charge in [0.25, 0.3) is 0 Å². The van der Waals surface area contributed by atoms with E-state index in [1.165, 1.54) is 0 Å². The predicted octanol–water partition coefficient (Wildman–Crippen LogP) is 0.713. The molecule has 2 rings (SSSR count). The normalized spacial score (nSPS) is 10.0. The number of nitrogen functional groups attached to an aromatic ring is 2. The largest absolute Gasteiger partial charge is 0.382 e. The van der Waals surface area contributed by atoms with Crippen LogP contribution in [0.2, 0.25) is 0 Å². The number of nitrogens with one attached hydrogen (secondary N) is 2. The zero-order valence-corrected chi connectivity index (χ0v) is 7.36. The van der Waals surface area contributed by atoms with Crippen LogP contribution in [0.1, 0.15) is 0 Å². The van der Waals surface area contributed by atoms with Crippen LogP contribution >= 0.6 is 0 Å². The van der Waals surface area contributed by atoms with Gasteiger partial charge in [0.1, 0.15) is 11.5 Å².